The standard InChI is InChI=1S/C20H27N5O/c1-5-14(2)12-17-23-19(25(24-17)13-20(3,4)26)16-9-7-6-8-15(16)18-21-10-11-22-18/h6-11,14,26H,5,12-13H2,1-4H3,(H,21,22). The molecule has 1 unspecified atom stereocenters. The van der Waals surface area contributed by atoms with E-state index in [9.17, 15) is 5.11 Å². The van der Waals surface area contributed by atoms with Crippen LogP contribution in [0.25, 0.3) is 22.8 Å². The highest BCUT2D eigenvalue weighted by atomic mass is 16.3. The molecular weight excluding hydrogens is 326 g/mol. The second-order valence-electron chi connectivity index (χ2n) is 7.52. The first-order valence-electron chi connectivity index (χ1n) is 9.12. The van der Waals surface area contributed by atoms with Gasteiger partial charge in [0.1, 0.15) is 5.82 Å². The van der Waals surface area contributed by atoms with Gasteiger partial charge in [-0.25, -0.2) is 14.6 Å². The van der Waals surface area contributed by atoms with E-state index in [-0.39, 0.29) is 0 Å². The van der Waals surface area contributed by atoms with Gasteiger partial charge in [0.05, 0.1) is 12.1 Å². The molecule has 6 nitrogen and oxygen atoms in total. The van der Waals surface area contributed by atoms with Crippen LogP contribution in [-0.2, 0) is 13.0 Å². The van der Waals surface area contributed by atoms with Crippen LogP contribution < -0.4 is 0 Å². The van der Waals surface area contributed by atoms with Gasteiger partial charge in [-0.3, -0.25) is 0 Å². The Balaban J connectivity index is 2.09. The first-order chi connectivity index (χ1) is 12.4. The summed E-state index contributed by atoms with van der Waals surface area (Å²) >= 11 is 0. The molecule has 0 spiro atoms. The molecule has 2 N–H and O–H groups in total. The fourth-order valence-corrected chi connectivity index (χ4v) is 2.90. The summed E-state index contributed by atoms with van der Waals surface area (Å²) in [5.74, 6) is 2.88. The molecule has 6 heteroatoms. The third kappa shape index (κ3) is 4.19. The van der Waals surface area contributed by atoms with Gasteiger partial charge >= 0.3 is 0 Å². The van der Waals surface area contributed by atoms with Crippen molar-refractivity contribution in [2.24, 2.45) is 5.92 Å². The predicted octanol–water partition coefficient (Wildman–Crippen LogP) is 3.69. The molecule has 3 aromatic rings. The van der Waals surface area contributed by atoms with Crippen molar-refractivity contribution in [2.45, 2.75) is 52.7 Å². The lowest BCUT2D eigenvalue weighted by atomic mass is 10.0. The number of nitrogens with one attached hydrogen (secondary N) is 1. The Morgan fingerprint density at radius 3 is 2.58 bits per heavy atom. The van der Waals surface area contributed by atoms with Gasteiger partial charge < -0.3 is 10.1 Å². The molecule has 2 heterocycles. The normalized spacial score (nSPS) is 13.1. The molecule has 0 saturated carbocycles. The summed E-state index contributed by atoms with van der Waals surface area (Å²) in [6.07, 6.45) is 5.45. The molecule has 1 aromatic carbocycles. The van der Waals surface area contributed by atoms with Gasteiger partial charge in [-0.2, -0.15) is 5.10 Å². The van der Waals surface area contributed by atoms with Crippen LogP contribution in [0, 0.1) is 5.92 Å². The zero-order valence-corrected chi connectivity index (χ0v) is 15.9. The van der Waals surface area contributed by atoms with Crippen LogP contribution >= 0.6 is 0 Å². The summed E-state index contributed by atoms with van der Waals surface area (Å²) < 4.78 is 1.82. The van der Waals surface area contributed by atoms with E-state index in [1.54, 1.807) is 20.0 Å². The van der Waals surface area contributed by atoms with E-state index in [1.807, 2.05) is 35.1 Å². The Bertz CT molecular complexity index is 845. The first kappa shape index (κ1) is 18.3. The molecule has 0 amide bonds. The van der Waals surface area contributed by atoms with Gasteiger partial charge in [0.25, 0.3) is 0 Å². The van der Waals surface area contributed by atoms with Crippen molar-refractivity contribution in [3.05, 3.63) is 42.5 Å². The number of H-pyrrole nitrogens is 1. The fraction of sp³-hybridized carbons (Fsp3) is 0.450. The van der Waals surface area contributed by atoms with E-state index in [0.717, 1.165) is 41.4 Å². The summed E-state index contributed by atoms with van der Waals surface area (Å²) in [6.45, 7) is 8.32. The molecule has 1 atom stereocenters. The van der Waals surface area contributed by atoms with Crippen molar-refractivity contribution < 1.29 is 5.11 Å². The molecule has 0 aliphatic carbocycles. The number of imidazole rings is 1. The van der Waals surface area contributed by atoms with E-state index < -0.39 is 5.60 Å². The molecule has 0 aliphatic rings. The van der Waals surface area contributed by atoms with Crippen molar-refractivity contribution in [1.29, 1.82) is 0 Å². The Labute approximate surface area is 154 Å². The monoisotopic (exact) mass is 353 g/mol. The Morgan fingerprint density at radius 1 is 1.23 bits per heavy atom. The third-order valence-electron chi connectivity index (χ3n) is 4.40. The van der Waals surface area contributed by atoms with Crippen LogP contribution in [-0.4, -0.2) is 35.4 Å². The number of nitrogens with zero attached hydrogens (tertiary/aromatic N) is 4. The quantitative estimate of drug-likeness (QED) is 0.679. The zero-order chi connectivity index (χ0) is 18.7. The number of benzene rings is 1. The van der Waals surface area contributed by atoms with Crippen molar-refractivity contribution in [1.82, 2.24) is 24.7 Å². The number of aromatic nitrogens is 5. The summed E-state index contributed by atoms with van der Waals surface area (Å²) in [7, 11) is 0. The molecule has 2 aromatic heterocycles. The molecule has 0 aliphatic heterocycles. The molecule has 26 heavy (non-hydrogen) atoms. The van der Waals surface area contributed by atoms with Crippen LogP contribution in [0.3, 0.4) is 0 Å². The van der Waals surface area contributed by atoms with Crippen LogP contribution in [0.2, 0.25) is 0 Å². The van der Waals surface area contributed by atoms with Crippen LogP contribution in [0.1, 0.15) is 39.9 Å². The minimum absolute atomic E-state index is 0.377. The largest absolute Gasteiger partial charge is 0.389 e. The van der Waals surface area contributed by atoms with Gasteiger partial charge in [-0.1, -0.05) is 44.5 Å². The SMILES string of the molecule is CCC(C)Cc1nc(-c2ccccc2-c2ncc[nH]2)n(CC(C)(C)O)n1. The van der Waals surface area contributed by atoms with Gasteiger partial charge in [0.15, 0.2) is 11.6 Å². The molecule has 0 bridgehead atoms. The lowest BCUT2D eigenvalue weighted by molar-refractivity contribution is 0.0581. The molecule has 138 valence electrons. The van der Waals surface area contributed by atoms with Gasteiger partial charge in [0, 0.05) is 29.9 Å². The van der Waals surface area contributed by atoms with Crippen molar-refractivity contribution in [3.8, 4) is 22.8 Å². The zero-order valence-electron chi connectivity index (χ0n) is 15.9. The lowest BCUT2D eigenvalue weighted by Gasteiger charge is -2.18. The van der Waals surface area contributed by atoms with E-state index in [4.69, 9.17) is 10.1 Å². The van der Waals surface area contributed by atoms with E-state index in [0.29, 0.717) is 12.5 Å². The van der Waals surface area contributed by atoms with Crippen LogP contribution in [0.5, 0.6) is 0 Å². The van der Waals surface area contributed by atoms with E-state index in [1.165, 1.54) is 0 Å². The third-order valence-corrected chi connectivity index (χ3v) is 4.40. The minimum atomic E-state index is -0.879. The van der Waals surface area contributed by atoms with Crippen molar-refractivity contribution in [3.63, 3.8) is 0 Å². The average Bonchev–Trinajstić information content (AvgIpc) is 3.23. The maximum atomic E-state index is 10.3. The highest BCUT2D eigenvalue weighted by Gasteiger charge is 2.22. The first-order valence-corrected chi connectivity index (χ1v) is 9.12. The smallest absolute Gasteiger partial charge is 0.159 e. The van der Waals surface area contributed by atoms with Gasteiger partial charge in [-0.05, 0) is 19.8 Å². The summed E-state index contributed by atoms with van der Waals surface area (Å²) in [5, 5.41) is 15.0. The Kier molecular flexibility index (Phi) is 5.23. The van der Waals surface area contributed by atoms with Crippen LogP contribution in [0.15, 0.2) is 36.7 Å². The Morgan fingerprint density at radius 2 is 1.96 bits per heavy atom. The number of aliphatic hydroxyl groups is 1. The number of aromatic amines is 1. The maximum Gasteiger partial charge on any atom is 0.159 e. The average molecular weight is 353 g/mol. The second-order valence-corrected chi connectivity index (χ2v) is 7.52. The summed E-state index contributed by atoms with van der Waals surface area (Å²) in [5.41, 5.74) is 1.04. The lowest BCUT2D eigenvalue weighted by Crippen LogP contribution is -2.27. The van der Waals surface area contributed by atoms with Crippen LogP contribution in [0.4, 0.5) is 0 Å². The van der Waals surface area contributed by atoms with Gasteiger partial charge in [-0.15, -0.1) is 0 Å². The molecular formula is C20H27N5O. The van der Waals surface area contributed by atoms with Crippen molar-refractivity contribution >= 4 is 0 Å². The number of rotatable bonds is 7. The molecule has 3 rings (SSSR count). The second kappa shape index (κ2) is 7.41. The summed E-state index contributed by atoms with van der Waals surface area (Å²) in [4.78, 5) is 12.4. The highest BCUT2D eigenvalue weighted by molar-refractivity contribution is 5.77. The maximum absolute atomic E-state index is 10.3. The minimum Gasteiger partial charge on any atom is -0.389 e. The molecule has 0 fully saturated rings. The molecule has 0 radical (unpaired) electrons. The Hall–Kier alpha value is -2.47. The number of hydrogen-bond donors (Lipinski definition) is 2. The van der Waals surface area contributed by atoms with E-state index >= 15 is 0 Å². The van der Waals surface area contributed by atoms with Gasteiger partial charge in [0.2, 0.25) is 0 Å². The van der Waals surface area contributed by atoms with Crippen molar-refractivity contribution in [2.75, 3.05) is 0 Å². The fourth-order valence-electron chi connectivity index (χ4n) is 2.90. The predicted molar refractivity (Wildman–Crippen MR) is 102 cm³/mol. The molecule has 0 saturated heterocycles. The highest BCUT2D eigenvalue weighted by Crippen LogP contribution is 2.30. The number of hydrogen-bond acceptors (Lipinski definition) is 4. The van der Waals surface area contributed by atoms with E-state index in [2.05, 4.69) is 23.8 Å². The topological polar surface area (TPSA) is 79.6 Å². The summed E-state index contributed by atoms with van der Waals surface area (Å²) in [6, 6.07) is 8.01.